The van der Waals surface area contributed by atoms with E-state index in [1.54, 1.807) is 6.92 Å². The van der Waals surface area contributed by atoms with Crippen molar-refractivity contribution in [2.24, 2.45) is 5.73 Å². The molecule has 0 saturated carbocycles. The van der Waals surface area contributed by atoms with Gasteiger partial charge in [-0.15, -0.1) is 0 Å². The van der Waals surface area contributed by atoms with Gasteiger partial charge in [-0.05, 0) is 13.3 Å². The molecule has 0 aliphatic carbocycles. The topological polar surface area (TPSA) is 109 Å². The zero-order valence-electron chi connectivity index (χ0n) is 8.20. The van der Waals surface area contributed by atoms with E-state index < -0.39 is 28.7 Å². The van der Waals surface area contributed by atoms with Crippen molar-refractivity contribution >= 4 is 33.7 Å². The summed E-state index contributed by atoms with van der Waals surface area (Å²) in [6.07, 6.45) is -0.0793. The smallest absolute Gasteiger partial charge is 0.326 e. The van der Waals surface area contributed by atoms with E-state index in [0.29, 0.717) is 0 Å². The summed E-state index contributed by atoms with van der Waals surface area (Å²) in [4.78, 5) is 31.8. The molecule has 0 radical (unpaired) electrons. The first kappa shape index (κ1) is 13.9. The van der Waals surface area contributed by atoms with Crippen LogP contribution in [0.3, 0.4) is 0 Å². The molecule has 7 heteroatoms. The molecule has 0 aliphatic rings. The largest absolute Gasteiger partial charge is 0.480 e. The number of hydrogen-bond acceptors (Lipinski definition) is 3. The maximum Gasteiger partial charge on any atom is 0.326 e. The van der Waals surface area contributed by atoms with Crippen molar-refractivity contribution in [3.05, 3.63) is 0 Å². The van der Waals surface area contributed by atoms with Crippen molar-refractivity contribution in [2.75, 3.05) is 0 Å². The molecule has 15 heavy (non-hydrogen) atoms. The van der Waals surface area contributed by atoms with Crippen molar-refractivity contribution in [1.82, 2.24) is 5.32 Å². The summed E-state index contributed by atoms with van der Waals surface area (Å²) < 4.78 is 0. The van der Waals surface area contributed by atoms with Gasteiger partial charge in [0.25, 0.3) is 0 Å². The van der Waals surface area contributed by atoms with Gasteiger partial charge in [0, 0.05) is 6.42 Å². The molecule has 0 aromatic carbocycles. The van der Waals surface area contributed by atoms with Gasteiger partial charge in [0.05, 0.1) is 4.83 Å². The molecule has 0 rings (SSSR count). The maximum absolute atomic E-state index is 11.2. The Balaban J connectivity index is 4.22. The molecule has 2 unspecified atom stereocenters. The lowest BCUT2D eigenvalue weighted by Gasteiger charge is -2.14. The van der Waals surface area contributed by atoms with E-state index in [2.05, 4.69) is 21.2 Å². The highest BCUT2D eigenvalue weighted by molar-refractivity contribution is 9.10. The van der Waals surface area contributed by atoms with Gasteiger partial charge in [-0.3, -0.25) is 9.59 Å². The summed E-state index contributed by atoms with van der Waals surface area (Å²) in [5.41, 5.74) is 4.88. The SMILES string of the molecule is CC(Br)C(=O)NC(CCC(N)=O)C(=O)O. The molecule has 4 N–H and O–H groups in total. The van der Waals surface area contributed by atoms with E-state index in [0.717, 1.165) is 0 Å². The van der Waals surface area contributed by atoms with Crippen molar-refractivity contribution in [2.45, 2.75) is 30.6 Å². The fraction of sp³-hybridized carbons (Fsp3) is 0.625. The average Bonchev–Trinajstić information content (AvgIpc) is 2.10. The van der Waals surface area contributed by atoms with Crippen LogP contribution in [0.2, 0.25) is 0 Å². The number of amides is 2. The third-order valence-corrected chi connectivity index (χ3v) is 2.07. The Morgan fingerprint density at radius 3 is 2.33 bits per heavy atom. The fourth-order valence-corrected chi connectivity index (χ4v) is 0.963. The third-order valence-electron chi connectivity index (χ3n) is 1.66. The van der Waals surface area contributed by atoms with Gasteiger partial charge in [0.1, 0.15) is 6.04 Å². The number of nitrogens with two attached hydrogens (primary N) is 1. The highest BCUT2D eigenvalue weighted by Crippen LogP contribution is 2.01. The van der Waals surface area contributed by atoms with Gasteiger partial charge in [-0.25, -0.2) is 4.79 Å². The summed E-state index contributed by atoms with van der Waals surface area (Å²) in [7, 11) is 0. The number of nitrogens with one attached hydrogen (secondary N) is 1. The average molecular weight is 281 g/mol. The van der Waals surface area contributed by atoms with E-state index in [-0.39, 0.29) is 12.8 Å². The highest BCUT2D eigenvalue weighted by Gasteiger charge is 2.21. The minimum absolute atomic E-state index is 0.00384. The molecule has 0 heterocycles. The van der Waals surface area contributed by atoms with Gasteiger partial charge in [0.2, 0.25) is 11.8 Å². The van der Waals surface area contributed by atoms with Gasteiger partial charge in [-0.2, -0.15) is 0 Å². The number of hydrogen-bond donors (Lipinski definition) is 3. The van der Waals surface area contributed by atoms with E-state index >= 15 is 0 Å². The normalized spacial score (nSPS) is 14.0. The second-order valence-corrected chi connectivity index (χ2v) is 4.39. The van der Waals surface area contributed by atoms with Crippen LogP contribution < -0.4 is 11.1 Å². The summed E-state index contributed by atoms with van der Waals surface area (Å²) in [5.74, 6) is -2.22. The Labute approximate surface area is 95.3 Å². The van der Waals surface area contributed by atoms with Gasteiger partial charge in [-0.1, -0.05) is 15.9 Å². The highest BCUT2D eigenvalue weighted by atomic mass is 79.9. The van der Waals surface area contributed by atoms with Crippen LogP contribution in [0.4, 0.5) is 0 Å². The predicted octanol–water partition coefficient (Wildman–Crippen LogP) is -0.395. The van der Waals surface area contributed by atoms with Crippen LogP contribution in [0.15, 0.2) is 0 Å². The van der Waals surface area contributed by atoms with Gasteiger partial charge in [0.15, 0.2) is 0 Å². The zero-order chi connectivity index (χ0) is 12.0. The number of primary amides is 1. The predicted molar refractivity (Wildman–Crippen MR) is 56.4 cm³/mol. The molecule has 0 aromatic rings. The minimum Gasteiger partial charge on any atom is -0.480 e. The molecule has 0 fully saturated rings. The molecule has 0 spiro atoms. The summed E-state index contributed by atoms with van der Waals surface area (Å²) >= 11 is 3.00. The first-order chi connectivity index (χ1) is 6.84. The van der Waals surface area contributed by atoms with Crippen LogP contribution in [0, 0.1) is 0 Å². The number of carbonyl (C=O) groups excluding carboxylic acids is 2. The Morgan fingerprint density at radius 1 is 1.47 bits per heavy atom. The van der Waals surface area contributed by atoms with Crippen LogP contribution in [0.1, 0.15) is 19.8 Å². The minimum atomic E-state index is -1.18. The first-order valence-corrected chi connectivity index (χ1v) is 5.21. The molecule has 0 bridgehead atoms. The number of aliphatic carboxylic acids is 1. The number of carbonyl (C=O) groups is 3. The number of carboxylic acids is 1. The summed E-state index contributed by atoms with van der Waals surface area (Å²) in [6.45, 7) is 1.57. The second-order valence-electron chi connectivity index (χ2n) is 3.02. The standard InChI is InChI=1S/C8H13BrN2O4/c1-4(9)7(13)11-5(8(14)15)2-3-6(10)12/h4-5H,2-3H2,1H3,(H2,10,12)(H,11,13)(H,14,15). The lowest BCUT2D eigenvalue weighted by atomic mass is 10.1. The van der Waals surface area contributed by atoms with Crippen LogP contribution in [-0.4, -0.2) is 33.8 Å². The lowest BCUT2D eigenvalue weighted by Crippen LogP contribution is -2.43. The number of rotatable bonds is 6. The van der Waals surface area contributed by atoms with Gasteiger partial charge < -0.3 is 16.2 Å². The van der Waals surface area contributed by atoms with Crippen molar-refractivity contribution < 1.29 is 19.5 Å². The lowest BCUT2D eigenvalue weighted by molar-refractivity contribution is -0.142. The molecule has 2 amide bonds. The van der Waals surface area contributed by atoms with E-state index in [4.69, 9.17) is 10.8 Å². The van der Waals surface area contributed by atoms with E-state index in [1.807, 2.05) is 0 Å². The van der Waals surface area contributed by atoms with Gasteiger partial charge >= 0.3 is 5.97 Å². The van der Waals surface area contributed by atoms with Crippen LogP contribution in [0.25, 0.3) is 0 Å². The Hall–Kier alpha value is -1.11. The van der Waals surface area contributed by atoms with Crippen molar-refractivity contribution in [3.8, 4) is 0 Å². The number of halogens is 1. The molecular formula is C8H13BrN2O4. The molecule has 86 valence electrons. The molecule has 0 saturated heterocycles. The molecule has 0 aromatic heterocycles. The molecular weight excluding hydrogens is 268 g/mol. The first-order valence-electron chi connectivity index (χ1n) is 4.30. The van der Waals surface area contributed by atoms with Crippen LogP contribution in [0.5, 0.6) is 0 Å². The summed E-state index contributed by atoms with van der Waals surface area (Å²) in [5, 5.41) is 11.0. The third kappa shape index (κ3) is 6.05. The van der Waals surface area contributed by atoms with Crippen molar-refractivity contribution in [3.63, 3.8) is 0 Å². The summed E-state index contributed by atoms with van der Waals surface area (Å²) in [6, 6.07) is -1.08. The zero-order valence-corrected chi connectivity index (χ0v) is 9.78. The quantitative estimate of drug-likeness (QED) is 0.575. The van der Waals surface area contributed by atoms with E-state index in [9.17, 15) is 14.4 Å². The van der Waals surface area contributed by atoms with Crippen LogP contribution >= 0.6 is 15.9 Å². The Kier molecular flexibility index (Phi) is 5.92. The van der Waals surface area contributed by atoms with Crippen LogP contribution in [-0.2, 0) is 14.4 Å². The number of alkyl halides is 1. The monoisotopic (exact) mass is 280 g/mol. The van der Waals surface area contributed by atoms with E-state index in [1.165, 1.54) is 0 Å². The molecule has 0 aliphatic heterocycles. The second kappa shape index (κ2) is 6.39. The Morgan fingerprint density at radius 2 is 2.00 bits per heavy atom. The maximum atomic E-state index is 11.2. The number of carboxylic acid groups (broad SMARTS) is 1. The Bertz CT molecular complexity index is 267. The van der Waals surface area contributed by atoms with Crippen molar-refractivity contribution in [1.29, 1.82) is 0 Å². The fourth-order valence-electron chi connectivity index (χ4n) is 0.831. The molecule has 2 atom stereocenters. The molecule has 6 nitrogen and oxygen atoms in total.